The zero-order valence-corrected chi connectivity index (χ0v) is 28.4. The van der Waals surface area contributed by atoms with Gasteiger partial charge in [0.05, 0.1) is 8.22 Å². The lowest BCUT2D eigenvalue weighted by Gasteiger charge is -2.18. The molecule has 0 unspecified atom stereocenters. The van der Waals surface area contributed by atoms with Crippen LogP contribution >= 0.6 is 0 Å². The Balaban J connectivity index is 1.18. The summed E-state index contributed by atoms with van der Waals surface area (Å²) >= 11 is 0. The van der Waals surface area contributed by atoms with Crippen molar-refractivity contribution in [3.8, 4) is 44.5 Å². The van der Waals surface area contributed by atoms with Gasteiger partial charge in [0.1, 0.15) is 11.2 Å². The number of fused-ring (bicyclic) bond motifs is 7. The van der Waals surface area contributed by atoms with Crippen LogP contribution in [-0.2, 0) is 0 Å². The van der Waals surface area contributed by atoms with E-state index in [1.807, 2.05) is 115 Å². The van der Waals surface area contributed by atoms with Crippen molar-refractivity contribution in [3.05, 3.63) is 194 Å². The predicted octanol–water partition coefficient (Wildman–Crippen LogP) is 14.9. The molecule has 0 aliphatic carbocycles. The summed E-state index contributed by atoms with van der Waals surface area (Å²) in [4.78, 5) is 0. The molecule has 0 N–H and O–H groups in total. The van der Waals surface area contributed by atoms with Crippen molar-refractivity contribution in [2.24, 2.45) is 0 Å². The van der Waals surface area contributed by atoms with Crippen molar-refractivity contribution >= 4 is 65.0 Å². The van der Waals surface area contributed by atoms with Gasteiger partial charge in [-0.1, -0.05) is 164 Å². The lowest BCUT2D eigenvalue weighted by Crippen LogP contribution is -1.90. The lowest BCUT2D eigenvalue weighted by atomic mass is 9.85. The molecule has 0 aliphatic rings. The van der Waals surface area contributed by atoms with Crippen LogP contribution in [0.3, 0.4) is 0 Å². The number of furan rings is 1. The Morgan fingerprint density at radius 2 is 0.906 bits per heavy atom. The first-order valence-electron chi connectivity index (χ1n) is 20.8. The van der Waals surface area contributed by atoms with Crippen molar-refractivity contribution in [1.29, 1.82) is 0 Å². The Morgan fingerprint density at radius 3 is 1.64 bits per heavy atom. The molecule has 1 nitrogen and oxygen atoms in total. The second-order valence-electron chi connectivity index (χ2n) is 13.5. The maximum absolute atomic E-state index is 9.76. The fraction of sp³-hybridized carbons (Fsp3) is 0. The number of hydrogen-bond acceptors (Lipinski definition) is 1. The van der Waals surface area contributed by atoms with E-state index in [2.05, 4.69) is 42.5 Å². The third-order valence-electron chi connectivity index (χ3n) is 10.5. The van der Waals surface area contributed by atoms with Crippen LogP contribution < -0.4 is 0 Å². The van der Waals surface area contributed by atoms with Crippen LogP contribution in [0.1, 0.15) is 8.22 Å². The van der Waals surface area contributed by atoms with E-state index in [0.29, 0.717) is 27.7 Å². The van der Waals surface area contributed by atoms with Crippen LogP contribution in [0.4, 0.5) is 0 Å². The molecule has 53 heavy (non-hydrogen) atoms. The van der Waals surface area contributed by atoms with E-state index in [1.165, 1.54) is 0 Å². The van der Waals surface area contributed by atoms with Crippen molar-refractivity contribution in [1.82, 2.24) is 0 Å². The van der Waals surface area contributed by atoms with Crippen molar-refractivity contribution in [3.63, 3.8) is 0 Å². The van der Waals surface area contributed by atoms with Gasteiger partial charge in [-0.25, -0.2) is 0 Å². The van der Waals surface area contributed by atoms with Gasteiger partial charge in [0.25, 0.3) is 0 Å². The van der Waals surface area contributed by atoms with Crippen LogP contribution in [-0.4, -0.2) is 0 Å². The molecule has 0 aliphatic heterocycles. The largest absolute Gasteiger partial charge is 0.456 e. The average molecular weight is 679 g/mol. The summed E-state index contributed by atoms with van der Waals surface area (Å²) in [5.74, 6) is 0. The van der Waals surface area contributed by atoms with Gasteiger partial charge in [-0.15, -0.1) is 0 Å². The fourth-order valence-electron chi connectivity index (χ4n) is 8.13. The smallest absolute Gasteiger partial charge is 0.136 e. The summed E-state index contributed by atoms with van der Waals surface area (Å²) in [7, 11) is 0. The minimum atomic E-state index is -0.262. The van der Waals surface area contributed by atoms with Gasteiger partial charge in [0, 0.05) is 10.8 Å². The van der Waals surface area contributed by atoms with Gasteiger partial charge in [-0.05, 0) is 118 Å². The fourth-order valence-corrected chi connectivity index (χ4v) is 8.13. The lowest BCUT2D eigenvalue weighted by molar-refractivity contribution is 0.669. The van der Waals surface area contributed by atoms with Gasteiger partial charge in [0.15, 0.2) is 0 Å². The van der Waals surface area contributed by atoms with Crippen LogP contribution in [0.5, 0.6) is 0 Å². The Labute approximate surface area is 315 Å². The zero-order chi connectivity index (χ0) is 40.1. The number of rotatable bonds is 4. The molecule has 1 heterocycles. The normalized spacial score (nSPS) is 13.4. The van der Waals surface area contributed by atoms with E-state index in [-0.39, 0.29) is 58.2 Å². The molecular formula is C52H32O. The predicted molar refractivity (Wildman–Crippen MR) is 225 cm³/mol. The number of hydrogen-bond donors (Lipinski definition) is 0. The maximum Gasteiger partial charge on any atom is 0.136 e. The third-order valence-corrected chi connectivity index (χ3v) is 10.5. The summed E-state index contributed by atoms with van der Waals surface area (Å²) in [6, 6.07) is 50.8. The van der Waals surface area contributed by atoms with Gasteiger partial charge in [0.2, 0.25) is 0 Å². The molecule has 1 heteroatoms. The first-order chi connectivity index (χ1) is 28.8. The van der Waals surface area contributed by atoms with Gasteiger partial charge >= 0.3 is 0 Å². The van der Waals surface area contributed by atoms with Crippen LogP contribution in [0.15, 0.2) is 198 Å². The van der Waals surface area contributed by atoms with Gasteiger partial charge in [-0.2, -0.15) is 0 Å². The van der Waals surface area contributed by atoms with Gasteiger partial charge < -0.3 is 4.42 Å². The first-order valence-corrected chi connectivity index (χ1v) is 17.8. The molecule has 1 aromatic heterocycles. The molecule has 0 spiro atoms. The molecule has 0 atom stereocenters. The molecule has 10 aromatic carbocycles. The molecular weight excluding hydrogens is 641 g/mol. The summed E-state index contributed by atoms with van der Waals surface area (Å²) in [6.07, 6.45) is 0. The first kappa shape index (κ1) is 24.3. The molecule has 0 fully saturated rings. The Kier molecular flexibility index (Phi) is 5.40. The van der Waals surface area contributed by atoms with E-state index in [1.54, 1.807) is 0 Å². The highest BCUT2D eigenvalue weighted by Gasteiger charge is 2.18. The molecule has 0 saturated heterocycles. The molecule has 0 bridgehead atoms. The second-order valence-corrected chi connectivity index (χ2v) is 13.5. The molecule has 0 saturated carbocycles. The van der Waals surface area contributed by atoms with E-state index in [9.17, 15) is 8.22 Å². The van der Waals surface area contributed by atoms with Crippen molar-refractivity contribution in [2.75, 3.05) is 0 Å². The van der Waals surface area contributed by atoms with Crippen LogP contribution in [0.2, 0.25) is 0 Å². The summed E-state index contributed by atoms with van der Waals surface area (Å²) in [6.45, 7) is 0. The average Bonchev–Trinajstić information content (AvgIpc) is 3.65. The summed E-state index contributed by atoms with van der Waals surface area (Å²) in [5, 5.41) is 7.26. The van der Waals surface area contributed by atoms with E-state index >= 15 is 0 Å². The highest BCUT2D eigenvalue weighted by molar-refractivity contribution is 6.22. The van der Waals surface area contributed by atoms with Gasteiger partial charge in [-0.3, -0.25) is 0 Å². The summed E-state index contributed by atoms with van der Waals surface area (Å²) < 4.78 is 64.0. The molecule has 0 amide bonds. The Bertz CT molecular complexity index is 3510. The third kappa shape index (κ3) is 4.71. The molecule has 0 radical (unpaired) electrons. The van der Waals surface area contributed by atoms with Crippen LogP contribution in [0, 0.1) is 0 Å². The molecule has 246 valence electrons. The van der Waals surface area contributed by atoms with E-state index in [4.69, 9.17) is 4.42 Å². The Morgan fingerprint density at radius 1 is 0.340 bits per heavy atom. The van der Waals surface area contributed by atoms with Crippen molar-refractivity contribution < 1.29 is 12.6 Å². The molecule has 11 rings (SSSR count). The standard InChI is InChI=1S/C52H32O/c1-2-13-34(14-3-1)50-43-17-6-8-19-45(43)51(46-20-9-7-18-44(46)50)39-27-25-35-30-37(26-24-36(35)31-39)42-22-11-23-49-52(42)47-32-38(28-29-48(47)53-49)41-21-10-15-33-12-4-5-16-40(33)41/h1-32H/i24D,25D,26D,27D,30D,31D. The van der Waals surface area contributed by atoms with Crippen LogP contribution in [0.25, 0.3) is 110 Å². The van der Waals surface area contributed by atoms with Crippen molar-refractivity contribution in [2.45, 2.75) is 0 Å². The minimum absolute atomic E-state index is 0.00974. The monoisotopic (exact) mass is 678 g/mol. The quantitative estimate of drug-likeness (QED) is 0.169. The maximum atomic E-state index is 9.76. The highest BCUT2D eigenvalue weighted by Crippen LogP contribution is 2.45. The SMILES string of the molecule is [2H]c1c(-c2cccc3oc4ccc(-c5cccc6ccccc56)cc4c23)c([2H])c2c([2H])c([2H])c(-c3c4ccccc4c(-c4ccccc4)c4ccccc34)c([2H])c2c1[2H]. The van der Waals surface area contributed by atoms with E-state index < -0.39 is 0 Å². The zero-order valence-electron chi connectivity index (χ0n) is 34.4. The highest BCUT2D eigenvalue weighted by atomic mass is 16.3. The van der Waals surface area contributed by atoms with E-state index in [0.717, 1.165) is 60.0 Å². The second kappa shape index (κ2) is 11.8. The topological polar surface area (TPSA) is 13.1 Å². The minimum Gasteiger partial charge on any atom is -0.456 e. The molecule has 11 aromatic rings. The number of benzene rings is 10. The Hall–Kier alpha value is -6.96. The summed E-state index contributed by atoms with van der Waals surface area (Å²) in [5.41, 5.74) is 6.85.